The third-order valence-corrected chi connectivity index (χ3v) is 5.22. The van der Waals surface area contributed by atoms with Crippen LogP contribution in [0.2, 0.25) is 0 Å². The number of aliphatic imine (C=N–C) groups is 1. The molecular formula is C24H31N5O. The third-order valence-electron chi connectivity index (χ3n) is 5.22. The van der Waals surface area contributed by atoms with Crippen LogP contribution in [0.25, 0.3) is 10.9 Å². The Labute approximate surface area is 178 Å². The average Bonchev–Trinajstić information content (AvgIpc) is 3.19. The molecule has 1 heterocycles. The van der Waals surface area contributed by atoms with Crippen LogP contribution in [0, 0.1) is 0 Å². The number of carbonyl (C=O) groups is 1. The lowest BCUT2D eigenvalue weighted by Crippen LogP contribution is -2.38. The van der Waals surface area contributed by atoms with Crippen LogP contribution < -0.4 is 16.0 Å². The van der Waals surface area contributed by atoms with Gasteiger partial charge in [-0.1, -0.05) is 37.3 Å². The van der Waals surface area contributed by atoms with Crippen LogP contribution in [0.15, 0.2) is 59.7 Å². The SMILES string of the molecule is CCC(C)NC(=O)c1cccc(CNC(=NC)NCCc2c[nH]c3ccccc23)c1. The lowest BCUT2D eigenvalue weighted by atomic mass is 10.1. The van der Waals surface area contributed by atoms with Gasteiger partial charge in [0.25, 0.3) is 5.91 Å². The molecule has 1 atom stereocenters. The van der Waals surface area contributed by atoms with Crippen LogP contribution in [-0.4, -0.2) is 36.5 Å². The predicted molar refractivity (Wildman–Crippen MR) is 124 cm³/mol. The minimum atomic E-state index is -0.0348. The first-order valence-corrected chi connectivity index (χ1v) is 10.5. The van der Waals surface area contributed by atoms with Gasteiger partial charge in [-0.05, 0) is 49.1 Å². The van der Waals surface area contributed by atoms with Crippen LogP contribution in [0.1, 0.15) is 41.8 Å². The highest BCUT2D eigenvalue weighted by Gasteiger charge is 2.09. The number of aromatic nitrogens is 1. The standard InChI is InChI=1S/C24H31N5O/c1-4-17(2)29-23(30)19-9-7-8-18(14-19)15-28-24(25-3)26-13-12-20-16-27-22-11-6-5-10-21(20)22/h5-11,14,16-17,27H,4,12-13,15H2,1-3H3,(H,29,30)(H2,25,26,28). The maximum absolute atomic E-state index is 12.3. The average molecular weight is 406 g/mol. The van der Waals surface area contributed by atoms with E-state index in [1.807, 2.05) is 37.3 Å². The number of nitrogens with zero attached hydrogens (tertiary/aromatic N) is 1. The molecule has 1 aromatic heterocycles. The normalized spacial score (nSPS) is 12.6. The van der Waals surface area contributed by atoms with Crippen molar-refractivity contribution in [1.29, 1.82) is 0 Å². The number of hydrogen-bond acceptors (Lipinski definition) is 2. The van der Waals surface area contributed by atoms with E-state index in [4.69, 9.17) is 0 Å². The van der Waals surface area contributed by atoms with E-state index in [9.17, 15) is 4.79 Å². The maximum atomic E-state index is 12.3. The van der Waals surface area contributed by atoms with E-state index in [0.29, 0.717) is 12.1 Å². The Balaban J connectivity index is 1.50. The Kier molecular flexibility index (Phi) is 7.49. The summed E-state index contributed by atoms with van der Waals surface area (Å²) in [7, 11) is 1.76. The van der Waals surface area contributed by atoms with Crippen LogP contribution in [0.4, 0.5) is 0 Å². The molecule has 0 bridgehead atoms. The number of carbonyl (C=O) groups excluding carboxylic acids is 1. The first-order valence-electron chi connectivity index (χ1n) is 10.5. The van der Waals surface area contributed by atoms with Crippen molar-refractivity contribution in [1.82, 2.24) is 20.9 Å². The maximum Gasteiger partial charge on any atom is 0.251 e. The van der Waals surface area contributed by atoms with Gasteiger partial charge >= 0.3 is 0 Å². The number of para-hydroxylation sites is 1. The molecule has 0 spiro atoms. The summed E-state index contributed by atoms with van der Waals surface area (Å²) in [5.41, 5.74) is 4.16. The number of H-pyrrole nitrogens is 1. The van der Waals surface area contributed by atoms with Gasteiger partial charge in [0.15, 0.2) is 5.96 Å². The summed E-state index contributed by atoms with van der Waals surface area (Å²) >= 11 is 0. The van der Waals surface area contributed by atoms with Crippen LogP contribution in [0.5, 0.6) is 0 Å². The van der Waals surface area contributed by atoms with Crippen LogP contribution in [0.3, 0.4) is 0 Å². The smallest absolute Gasteiger partial charge is 0.251 e. The first-order chi connectivity index (χ1) is 14.6. The van der Waals surface area contributed by atoms with Crippen molar-refractivity contribution in [2.45, 2.75) is 39.3 Å². The predicted octanol–water partition coefficient (Wildman–Crippen LogP) is 3.60. The van der Waals surface area contributed by atoms with Gasteiger partial charge in [-0.3, -0.25) is 9.79 Å². The van der Waals surface area contributed by atoms with E-state index in [2.05, 4.69) is 57.2 Å². The van der Waals surface area contributed by atoms with E-state index < -0.39 is 0 Å². The van der Waals surface area contributed by atoms with E-state index in [0.717, 1.165) is 36.4 Å². The highest BCUT2D eigenvalue weighted by molar-refractivity contribution is 5.94. The fourth-order valence-corrected chi connectivity index (χ4v) is 3.29. The zero-order valence-electron chi connectivity index (χ0n) is 18.0. The minimum Gasteiger partial charge on any atom is -0.361 e. The van der Waals surface area contributed by atoms with Gasteiger partial charge in [0.2, 0.25) is 0 Å². The molecule has 0 aliphatic heterocycles. The molecule has 4 N–H and O–H groups in total. The van der Waals surface area contributed by atoms with Crippen LogP contribution >= 0.6 is 0 Å². The van der Waals surface area contributed by atoms with Crippen molar-refractivity contribution in [3.63, 3.8) is 0 Å². The summed E-state index contributed by atoms with van der Waals surface area (Å²) in [6, 6.07) is 16.2. The molecule has 0 fully saturated rings. The Morgan fingerprint density at radius 3 is 2.77 bits per heavy atom. The van der Waals surface area contributed by atoms with Crippen molar-refractivity contribution in [3.05, 3.63) is 71.4 Å². The van der Waals surface area contributed by atoms with Gasteiger partial charge in [0, 0.05) is 48.8 Å². The summed E-state index contributed by atoms with van der Waals surface area (Å²) in [4.78, 5) is 19.9. The molecule has 0 saturated heterocycles. The van der Waals surface area contributed by atoms with Gasteiger partial charge in [0.05, 0.1) is 0 Å². The molecule has 0 aliphatic carbocycles. The fourth-order valence-electron chi connectivity index (χ4n) is 3.29. The lowest BCUT2D eigenvalue weighted by molar-refractivity contribution is 0.0939. The summed E-state index contributed by atoms with van der Waals surface area (Å²) in [5, 5.41) is 10.9. The molecule has 0 radical (unpaired) electrons. The van der Waals surface area contributed by atoms with Crippen molar-refractivity contribution in [2.75, 3.05) is 13.6 Å². The number of hydrogen-bond donors (Lipinski definition) is 4. The molecule has 30 heavy (non-hydrogen) atoms. The topological polar surface area (TPSA) is 81.3 Å². The monoisotopic (exact) mass is 405 g/mol. The molecule has 0 aliphatic rings. The second-order valence-corrected chi connectivity index (χ2v) is 7.45. The summed E-state index contributed by atoms with van der Waals surface area (Å²) < 4.78 is 0. The van der Waals surface area contributed by atoms with Crippen molar-refractivity contribution in [3.8, 4) is 0 Å². The molecule has 1 amide bonds. The highest BCUT2D eigenvalue weighted by Crippen LogP contribution is 2.17. The minimum absolute atomic E-state index is 0.0348. The zero-order chi connectivity index (χ0) is 21.3. The number of aromatic amines is 1. The van der Waals surface area contributed by atoms with Gasteiger partial charge in [-0.15, -0.1) is 0 Å². The van der Waals surface area contributed by atoms with Gasteiger partial charge in [0.1, 0.15) is 0 Å². The van der Waals surface area contributed by atoms with Crippen molar-refractivity contribution >= 4 is 22.8 Å². The Morgan fingerprint density at radius 1 is 1.13 bits per heavy atom. The number of benzene rings is 2. The molecule has 0 saturated carbocycles. The number of rotatable bonds is 8. The summed E-state index contributed by atoms with van der Waals surface area (Å²) in [5.74, 6) is 0.705. The van der Waals surface area contributed by atoms with E-state index in [1.54, 1.807) is 7.05 Å². The zero-order valence-corrected chi connectivity index (χ0v) is 18.0. The van der Waals surface area contributed by atoms with E-state index in [1.165, 1.54) is 10.9 Å². The number of guanidine groups is 1. The summed E-state index contributed by atoms with van der Waals surface area (Å²) in [6.07, 6.45) is 3.88. The van der Waals surface area contributed by atoms with E-state index >= 15 is 0 Å². The molecule has 6 nitrogen and oxygen atoms in total. The Hall–Kier alpha value is -3.28. The largest absolute Gasteiger partial charge is 0.361 e. The van der Waals surface area contributed by atoms with Crippen molar-refractivity contribution < 1.29 is 4.79 Å². The molecule has 3 aromatic rings. The number of fused-ring (bicyclic) bond motifs is 1. The molecule has 2 aromatic carbocycles. The Bertz CT molecular complexity index is 1010. The Morgan fingerprint density at radius 2 is 1.97 bits per heavy atom. The van der Waals surface area contributed by atoms with Crippen molar-refractivity contribution in [2.24, 2.45) is 4.99 Å². The van der Waals surface area contributed by atoms with Gasteiger partial charge in [-0.2, -0.15) is 0 Å². The van der Waals surface area contributed by atoms with Gasteiger partial charge < -0.3 is 20.9 Å². The number of nitrogens with one attached hydrogen (secondary N) is 4. The molecular weight excluding hydrogens is 374 g/mol. The number of amides is 1. The third kappa shape index (κ3) is 5.63. The lowest BCUT2D eigenvalue weighted by Gasteiger charge is -2.14. The second kappa shape index (κ2) is 10.5. The highest BCUT2D eigenvalue weighted by atomic mass is 16.1. The molecule has 158 valence electrons. The quantitative estimate of drug-likeness (QED) is 0.341. The summed E-state index contributed by atoms with van der Waals surface area (Å²) in [6.45, 7) is 5.44. The van der Waals surface area contributed by atoms with E-state index in [-0.39, 0.29) is 11.9 Å². The van der Waals surface area contributed by atoms with Crippen LogP contribution in [-0.2, 0) is 13.0 Å². The van der Waals surface area contributed by atoms with Gasteiger partial charge in [-0.25, -0.2) is 0 Å². The fraction of sp³-hybridized carbons (Fsp3) is 0.333. The first kappa shape index (κ1) is 21.4. The molecule has 3 rings (SSSR count). The second-order valence-electron chi connectivity index (χ2n) is 7.45. The molecule has 6 heteroatoms. The molecule has 1 unspecified atom stereocenters.